The molecular formula is C14H20N2O2S. The molecule has 1 fully saturated rings. The Morgan fingerprint density at radius 2 is 2.37 bits per heavy atom. The largest absolute Gasteiger partial charge is 0.365 e. The molecule has 1 aliphatic heterocycles. The Morgan fingerprint density at radius 1 is 1.47 bits per heavy atom. The van der Waals surface area contributed by atoms with E-state index in [1.807, 2.05) is 18.3 Å². The number of carbonyl (C=O) groups is 1. The summed E-state index contributed by atoms with van der Waals surface area (Å²) in [6, 6.07) is 0. The zero-order valence-electron chi connectivity index (χ0n) is 11.3. The van der Waals surface area contributed by atoms with Crippen molar-refractivity contribution in [3.63, 3.8) is 0 Å². The van der Waals surface area contributed by atoms with Crippen molar-refractivity contribution in [1.29, 1.82) is 0 Å². The summed E-state index contributed by atoms with van der Waals surface area (Å²) in [4.78, 5) is 18.1. The number of aromatic nitrogens is 1. The van der Waals surface area contributed by atoms with E-state index in [1.165, 1.54) is 23.4 Å². The maximum Gasteiger partial charge on any atom is 0.251 e. The number of hydrogen-bond acceptors (Lipinski definition) is 4. The molecule has 1 N–H and O–H groups in total. The minimum atomic E-state index is -0.607. The van der Waals surface area contributed by atoms with Crippen LogP contribution < -0.4 is 5.32 Å². The highest BCUT2D eigenvalue weighted by Gasteiger charge is 2.37. The molecule has 1 aliphatic carbocycles. The van der Waals surface area contributed by atoms with Gasteiger partial charge in [0.2, 0.25) is 0 Å². The maximum atomic E-state index is 12.0. The number of aryl methyl sites for hydroxylation is 2. The van der Waals surface area contributed by atoms with Gasteiger partial charge >= 0.3 is 0 Å². The van der Waals surface area contributed by atoms with Gasteiger partial charge in [-0.05, 0) is 39.0 Å². The summed E-state index contributed by atoms with van der Waals surface area (Å²) in [5, 5.41) is 4.14. The van der Waals surface area contributed by atoms with Gasteiger partial charge in [-0.2, -0.15) is 0 Å². The molecule has 2 aliphatic rings. The Bertz CT molecular complexity index is 456. The topological polar surface area (TPSA) is 51.2 Å². The molecule has 0 spiro atoms. The number of thiazole rings is 1. The van der Waals surface area contributed by atoms with E-state index in [-0.39, 0.29) is 5.91 Å². The highest BCUT2D eigenvalue weighted by molar-refractivity contribution is 7.11. The number of rotatable bonds is 4. The first-order chi connectivity index (χ1) is 9.17. The van der Waals surface area contributed by atoms with Crippen molar-refractivity contribution < 1.29 is 9.53 Å². The van der Waals surface area contributed by atoms with Crippen LogP contribution in [-0.4, -0.2) is 29.6 Å². The molecule has 4 nitrogen and oxygen atoms in total. The third-order valence-electron chi connectivity index (χ3n) is 3.96. The van der Waals surface area contributed by atoms with Crippen molar-refractivity contribution in [2.45, 2.75) is 51.0 Å². The zero-order valence-corrected chi connectivity index (χ0v) is 12.1. The van der Waals surface area contributed by atoms with E-state index in [1.54, 1.807) is 0 Å². The highest BCUT2D eigenvalue weighted by atomic mass is 32.1. The first-order valence-electron chi connectivity index (χ1n) is 7.07. The summed E-state index contributed by atoms with van der Waals surface area (Å²) in [6.45, 7) is 3.24. The molecular weight excluding hydrogens is 260 g/mol. The van der Waals surface area contributed by atoms with Crippen LogP contribution in [0.15, 0.2) is 0 Å². The van der Waals surface area contributed by atoms with E-state index < -0.39 is 5.60 Å². The normalized spacial score (nSPS) is 25.5. The molecule has 1 atom stereocenters. The molecule has 0 radical (unpaired) electrons. The van der Waals surface area contributed by atoms with Crippen LogP contribution in [0, 0.1) is 0 Å². The second kappa shape index (κ2) is 5.21. The lowest BCUT2D eigenvalue weighted by atomic mass is 10.0. The number of amides is 1. The van der Waals surface area contributed by atoms with E-state index in [0.717, 1.165) is 30.7 Å². The van der Waals surface area contributed by atoms with Crippen molar-refractivity contribution >= 4 is 17.2 Å². The zero-order chi connectivity index (χ0) is 13.3. The van der Waals surface area contributed by atoms with Crippen LogP contribution in [0.3, 0.4) is 0 Å². The SMILES string of the molecule is C[C@]1(C(=O)NCCc2nc3c(s2)CCC3)CCCO1. The van der Waals surface area contributed by atoms with E-state index in [4.69, 9.17) is 4.74 Å². The Balaban J connectivity index is 1.48. The highest BCUT2D eigenvalue weighted by Crippen LogP contribution is 2.28. The molecule has 0 aromatic carbocycles. The molecule has 104 valence electrons. The fourth-order valence-electron chi connectivity index (χ4n) is 2.78. The fourth-order valence-corrected chi connectivity index (χ4v) is 3.94. The smallest absolute Gasteiger partial charge is 0.251 e. The lowest BCUT2D eigenvalue weighted by Crippen LogP contribution is -2.44. The van der Waals surface area contributed by atoms with Gasteiger partial charge in [0.25, 0.3) is 5.91 Å². The monoisotopic (exact) mass is 280 g/mol. The number of carbonyl (C=O) groups excluding carboxylic acids is 1. The third kappa shape index (κ3) is 2.67. The quantitative estimate of drug-likeness (QED) is 0.916. The van der Waals surface area contributed by atoms with Gasteiger partial charge in [-0.15, -0.1) is 11.3 Å². The second-order valence-electron chi connectivity index (χ2n) is 5.52. The number of ether oxygens (including phenoxy) is 1. The summed E-state index contributed by atoms with van der Waals surface area (Å²) >= 11 is 1.81. The Labute approximate surface area is 117 Å². The van der Waals surface area contributed by atoms with Crippen LogP contribution in [0.25, 0.3) is 0 Å². The Kier molecular flexibility index (Phi) is 3.58. The van der Waals surface area contributed by atoms with Crippen LogP contribution in [0.2, 0.25) is 0 Å². The van der Waals surface area contributed by atoms with Crippen LogP contribution in [-0.2, 0) is 28.8 Å². The van der Waals surface area contributed by atoms with Crippen LogP contribution in [0.5, 0.6) is 0 Å². The lowest BCUT2D eigenvalue weighted by Gasteiger charge is -2.21. The van der Waals surface area contributed by atoms with Crippen molar-refractivity contribution in [3.05, 3.63) is 15.6 Å². The molecule has 0 saturated carbocycles. The summed E-state index contributed by atoms with van der Waals surface area (Å²) < 4.78 is 5.53. The summed E-state index contributed by atoms with van der Waals surface area (Å²) in [5.74, 6) is 0.0223. The van der Waals surface area contributed by atoms with Crippen molar-refractivity contribution in [2.24, 2.45) is 0 Å². The average molecular weight is 280 g/mol. The predicted molar refractivity (Wildman–Crippen MR) is 74.4 cm³/mol. The van der Waals surface area contributed by atoms with Gasteiger partial charge in [0, 0.05) is 24.4 Å². The molecule has 2 heterocycles. The Morgan fingerprint density at radius 3 is 3.11 bits per heavy atom. The predicted octanol–water partition coefficient (Wildman–Crippen LogP) is 1.86. The third-order valence-corrected chi connectivity index (χ3v) is 5.18. The summed E-state index contributed by atoms with van der Waals surface area (Å²) in [6.07, 6.45) is 6.20. The van der Waals surface area contributed by atoms with Crippen LogP contribution in [0.1, 0.15) is 41.8 Å². The molecule has 1 aromatic rings. The van der Waals surface area contributed by atoms with E-state index in [0.29, 0.717) is 13.2 Å². The number of nitrogens with one attached hydrogen (secondary N) is 1. The molecule has 1 saturated heterocycles. The van der Waals surface area contributed by atoms with Gasteiger partial charge in [0.15, 0.2) is 0 Å². The van der Waals surface area contributed by atoms with E-state index in [9.17, 15) is 4.79 Å². The maximum absolute atomic E-state index is 12.0. The lowest BCUT2D eigenvalue weighted by molar-refractivity contribution is -0.139. The van der Waals surface area contributed by atoms with Gasteiger partial charge in [-0.25, -0.2) is 4.98 Å². The molecule has 0 unspecified atom stereocenters. The van der Waals surface area contributed by atoms with Crippen LogP contribution in [0.4, 0.5) is 0 Å². The first kappa shape index (κ1) is 13.1. The van der Waals surface area contributed by atoms with E-state index >= 15 is 0 Å². The fraction of sp³-hybridized carbons (Fsp3) is 0.714. The minimum Gasteiger partial charge on any atom is -0.365 e. The molecule has 1 aromatic heterocycles. The molecule has 3 rings (SSSR count). The Hall–Kier alpha value is -0.940. The first-order valence-corrected chi connectivity index (χ1v) is 7.89. The number of nitrogens with zero attached hydrogens (tertiary/aromatic N) is 1. The van der Waals surface area contributed by atoms with Gasteiger partial charge in [0.1, 0.15) is 5.60 Å². The van der Waals surface area contributed by atoms with Crippen molar-refractivity contribution in [1.82, 2.24) is 10.3 Å². The number of fused-ring (bicyclic) bond motifs is 1. The van der Waals surface area contributed by atoms with Gasteiger partial charge in [-0.1, -0.05) is 0 Å². The molecule has 1 amide bonds. The van der Waals surface area contributed by atoms with Crippen molar-refractivity contribution in [3.8, 4) is 0 Å². The number of hydrogen-bond donors (Lipinski definition) is 1. The van der Waals surface area contributed by atoms with Crippen LogP contribution >= 0.6 is 11.3 Å². The van der Waals surface area contributed by atoms with Crippen molar-refractivity contribution in [2.75, 3.05) is 13.2 Å². The molecule has 0 bridgehead atoms. The molecule has 19 heavy (non-hydrogen) atoms. The van der Waals surface area contributed by atoms with Gasteiger partial charge in [-0.3, -0.25) is 4.79 Å². The van der Waals surface area contributed by atoms with Gasteiger partial charge in [0.05, 0.1) is 10.7 Å². The minimum absolute atomic E-state index is 0.0223. The second-order valence-corrected chi connectivity index (χ2v) is 6.69. The summed E-state index contributed by atoms with van der Waals surface area (Å²) in [5.41, 5.74) is 0.683. The van der Waals surface area contributed by atoms with E-state index in [2.05, 4.69) is 10.3 Å². The summed E-state index contributed by atoms with van der Waals surface area (Å²) in [7, 11) is 0. The molecule has 5 heteroatoms. The average Bonchev–Trinajstić information content (AvgIpc) is 3.04. The standard InChI is InChI=1S/C14H20N2O2S/c1-14(7-3-9-18-14)13(17)15-8-6-12-16-10-4-2-5-11(10)19-12/h2-9H2,1H3,(H,15,17)/t14-/m1/s1. The van der Waals surface area contributed by atoms with Gasteiger partial charge < -0.3 is 10.1 Å².